The van der Waals surface area contributed by atoms with Crippen LogP contribution in [0.25, 0.3) is 0 Å². The summed E-state index contributed by atoms with van der Waals surface area (Å²) < 4.78 is 47.0. The van der Waals surface area contributed by atoms with Crippen LogP contribution >= 0.6 is 0 Å². The monoisotopic (exact) mass is 451 g/mol. The maximum absolute atomic E-state index is 12.5. The lowest BCUT2D eigenvalue weighted by atomic mass is 10.0. The second-order valence-corrected chi connectivity index (χ2v) is 8.15. The molecule has 3 heterocycles. The summed E-state index contributed by atoms with van der Waals surface area (Å²) in [6, 6.07) is 8.34. The number of hydrogen-bond donors (Lipinski definition) is 0. The number of anilines is 2. The van der Waals surface area contributed by atoms with Crippen LogP contribution in [0.2, 0.25) is 0 Å². The summed E-state index contributed by atoms with van der Waals surface area (Å²) in [5.41, 5.74) is 0.792. The van der Waals surface area contributed by atoms with Crippen molar-refractivity contribution in [2.24, 2.45) is 0 Å². The number of likely N-dealkylation sites (tertiary alicyclic amines) is 1. The second kappa shape index (κ2) is 9.91. The molecule has 7 nitrogen and oxygen atoms in total. The molecule has 0 aliphatic carbocycles. The van der Waals surface area contributed by atoms with Crippen molar-refractivity contribution < 1.29 is 22.6 Å². The van der Waals surface area contributed by atoms with Crippen LogP contribution in [0.15, 0.2) is 36.5 Å². The van der Waals surface area contributed by atoms with E-state index in [2.05, 4.69) is 24.4 Å². The number of aromatic nitrogens is 2. The number of hydrogen-bond acceptors (Lipinski definition) is 7. The van der Waals surface area contributed by atoms with Crippen molar-refractivity contribution in [2.45, 2.75) is 31.8 Å². The van der Waals surface area contributed by atoms with Gasteiger partial charge >= 0.3 is 6.36 Å². The fourth-order valence-corrected chi connectivity index (χ4v) is 4.23. The highest BCUT2D eigenvalue weighted by molar-refractivity contribution is 5.44. The molecular formula is C22H28F3N5O2. The van der Waals surface area contributed by atoms with Crippen molar-refractivity contribution in [1.82, 2.24) is 14.9 Å². The van der Waals surface area contributed by atoms with E-state index in [1.807, 2.05) is 19.2 Å². The molecule has 2 fully saturated rings. The van der Waals surface area contributed by atoms with Gasteiger partial charge in [0.2, 0.25) is 5.95 Å². The number of nitrogens with zero attached hydrogens (tertiary/aromatic N) is 5. The van der Waals surface area contributed by atoms with Gasteiger partial charge in [-0.25, -0.2) is 4.98 Å². The van der Waals surface area contributed by atoms with Crippen LogP contribution in [0.5, 0.6) is 5.75 Å². The SMILES string of the molecule is CN(c1nccc(N2CCOCC2)n1)C1CCCN(Cc2cccc(OC(F)(F)F)c2)C1. The van der Waals surface area contributed by atoms with Gasteiger partial charge in [-0.15, -0.1) is 13.2 Å². The van der Waals surface area contributed by atoms with Crippen molar-refractivity contribution in [3.63, 3.8) is 0 Å². The van der Waals surface area contributed by atoms with Crippen LogP contribution in [-0.2, 0) is 11.3 Å². The summed E-state index contributed by atoms with van der Waals surface area (Å²) in [5, 5.41) is 0. The molecule has 1 aromatic carbocycles. The van der Waals surface area contributed by atoms with Gasteiger partial charge in [-0.1, -0.05) is 12.1 Å². The molecule has 0 N–H and O–H groups in total. The first-order valence-corrected chi connectivity index (χ1v) is 10.8. The molecule has 0 saturated carbocycles. The van der Waals surface area contributed by atoms with Crippen LogP contribution < -0.4 is 14.5 Å². The molecule has 1 aromatic heterocycles. The fourth-order valence-electron chi connectivity index (χ4n) is 4.23. The van der Waals surface area contributed by atoms with Gasteiger partial charge in [0, 0.05) is 45.5 Å². The molecule has 2 saturated heterocycles. The minimum Gasteiger partial charge on any atom is -0.406 e. The van der Waals surface area contributed by atoms with Gasteiger partial charge in [0.25, 0.3) is 0 Å². The zero-order chi connectivity index (χ0) is 22.6. The number of piperidine rings is 1. The lowest BCUT2D eigenvalue weighted by Crippen LogP contribution is -2.47. The molecule has 32 heavy (non-hydrogen) atoms. The fraction of sp³-hybridized carbons (Fsp3) is 0.545. The van der Waals surface area contributed by atoms with Crippen LogP contribution in [0.4, 0.5) is 24.9 Å². The number of likely N-dealkylation sites (N-methyl/N-ethyl adjacent to an activating group) is 1. The quantitative estimate of drug-likeness (QED) is 0.668. The zero-order valence-corrected chi connectivity index (χ0v) is 18.1. The predicted octanol–water partition coefficient (Wildman–Crippen LogP) is 3.31. The molecule has 10 heteroatoms. The van der Waals surface area contributed by atoms with E-state index in [4.69, 9.17) is 9.72 Å². The summed E-state index contributed by atoms with van der Waals surface area (Å²) in [4.78, 5) is 15.8. The van der Waals surface area contributed by atoms with Crippen LogP contribution in [0.1, 0.15) is 18.4 Å². The highest BCUT2D eigenvalue weighted by Crippen LogP contribution is 2.26. The van der Waals surface area contributed by atoms with E-state index in [0.717, 1.165) is 50.4 Å². The molecule has 2 aliphatic rings. The van der Waals surface area contributed by atoms with E-state index in [1.165, 1.54) is 12.1 Å². The smallest absolute Gasteiger partial charge is 0.406 e. The summed E-state index contributed by atoms with van der Waals surface area (Å²) >= 11 is 0. The van der Waals surface area contributed by atoms with Gasteiger partial charge in [-0.3, -0.25) is 4.90 Å². The Labute approximate surface area is 185 Å². The second-order valence-electron chi connectivity index (χ2n) is 8.15. The Kier molecular flexibility index (Phi) is 7.00. The summed E-state index contributed by atoms with van der Waals surface area (Å²) in [7, 11) is 2.00. The van der Waals surface area contributed by atoms with E-state index >= 15 is 0 Å². The van der Waals surface area contributed by atoms with Gasteiger partial charge in [0.15, 0.2) is 0 Å². The molecule has 0 spiro atoms. The van der Waals surface area contributed by atoms with E-state index in [9.17, 15) is 13.2 Å². The first-order valence-electron chi connectivity index (χ1n) is 10.8. The van der Waals surface area contributed by atoms with Crippen molar-refractivity contribution in [3.05, 3.63) is 42.1 Å². The van der Waals surface area contributed by atoms with Crippen LogP contribution in [0.3, 0.4) is 0 Å². The van der Waals surface area contributed by atoms with Crippen molar-refractivity contribution in [2.75, 3.05) is 56.2 Å². The Morgan fingerprint density at radius 1 is 1.19 bits per heavy atom. The molecule has 4 rings (SSSR count). The molecular weight excluding hydrogens is 423 g/mol. The van der Waals surface area contributed by atoms with Gasteiger partial charge in [0.05, 0.1) is 13.2 Å². The molecule has 0 bridgehead atoms. The van der Waals surface area contributed by atoms with Gasteiger partial charge < -0.3 is 19.3 Å². The Bertz CT molecular complexity index is 892. The molecule has 2 aliphatic heterocycles. The Hall–Kier alpha value is -2.59. The Morgan fingerprint density at radius 3 is 2.78 bits per heavy atom. The number of halogens is 3. The van der Waals surface area contributed by atoms with Crippen molar-refractivity contribution in [3.8, 4) is 5.75 Å². The Balaban J connectivity index is 1.39. The van der Waals surface area contributed by atoms with Crippen LogP contribution in [0, 0.1) is 0 Å². The summed E-state index contributed by atoms with van der Waals surface area (Å²) in [6.45, 7) is 5.26. The standard InChI is InChI=1S/C22H28F3N5O2/c1-28(21-26-8-7-20(27-21)30-10-12-31-13-11-30)18-5-3-9-29(16-18)15-17-4-2-6-19(14-17)32-22(23,24)25/h2,4,6-8,14,18H,3,5,9-13,15-16H2,1H3. The van der Waals surface area contributed by atoms with Crippen LogP contribution in [-0.4, -0.2) is 73.7 Å². The number of rotatable bonds is 6. The summed E-state index contributed by atoms with van der Waals surface area (Å²) in [5.74, 6) is 1.40. The molecule has 1 unspecified atom stereocenters. The maximum atomic E-state index is 12.5. The zero-order valence-electron chi connectivity index (χ0n) is 18.1. The first-order chi connectivity index (χ1) is 15.4. The third-order valence-electron chi connectivity index (χ3n) is 5.85. The minimum absolute atomic E-state index is 0.186. The number of alkyl halides is 3. The maximum Gasteiger partial charge on any atom is 0.573 e. The minimum atomic E-state index is -4.69. The van der Waals surface area contributed by atoms with E-state index in [0.29, 0.717) is 25.7 Å². The van der Waals surface area contributed by atoms with Gasteiger partial charge in [-0.05, 0) is 43.1 Å². The molecule has 0 amide bonds. The lowest BCUT2D eigenvalue weighted by molar-refractivity contribution is -0.274. The lowest BCUT2D eigenvalue weighted by Gasteiger charge is -2.38. The number of benzene rings is 1. The third-order valence-corrected chi connectivity index (χ3v) is 5.85. The largest absolute Gasteiger partial charge is 0.573 e. The van der Waals surface area contributed by atoms with E-state index in [1.54, 1.807) is 12.3 Å². The molecule has 0 radical (unpaired) electrons. The van der Waals surface area contributed by atoms with Gasteiger partial charge in [0.1, 0.15) is 11.6 Å². The predicted molar refractivity (Wildman–Crippen MR) is 115 cm³/mol. The number of morpholine rings is 1. The first kappa shape index (κ1) is 22.6. The van der Waals surface area contributed by atoms with E-state index in [-0.39, 0.29) is 11.8 Å². The highest BCUT2D eigenvalue weighted by Gasteiger charge is 2.31. The van der Waals surface area contributed by atoms with Crippen molar-refractivity contribution >= 4 is 11.8 Å². The summed E-state index contributed by atoms with van der Waals surface area (Å²) in [6.07, 6.45) is -0.893. The Morgan fingerprint density at radius 2 is 2.00 bits per heavy atom. The third kappa shape index (κ3) is 6.01. The molecule has 174 valence electrons. The van der Waals surface area contributed by atoms with E-state index < -0.39 is 6.36 Å². The van der Waals surface area contributed by atoms with Crippen molar-refractivity contribution in [1.29, 1.82) is 0 Å². The average Bonchev–Trinajstić information content (AvgIpc) is 2.78. The average molecular weight is 451 g/mol. The highest BCUT2D eigenvalue weighted by atomic mass is 19.4. The number of ether oxygens (including phenoxy) is 2. The topological polar surface area (TPSA) is 54.0 Å². The molecule has 1 atom stereocenters. The van der Waals surface area contributed by atoms with Gasteiger partial charge in [-0.2, -0.15) is 4.98 Å². The normalized spacial score (nSPS) is 20.2. The molecule has 2 aromatic rings.